The summed E-state index contributed by atoms with van der Waals surface area (Å²) in [6.07, 6.45) is 8.61. The van der Waals surface area contributed by atoms with Gasteiger partial charge < -0.3 is 61.2 Å². The molecule has 2 rings (SSSR count). The average molecular weight is 1090 g/mol. The Balaban J connectivity index is 2.18. The van der Waals surface area contributed by atoms with Crippen LogP contribution in [0.1, 0.15) is 93.6 Å². The molecular weight excluding hydrogens is 1010 g/mol. The molecule has 7 N–H and O–H groups in total. The summed E-state index contributed by atoms with van der Waals surface area (Å²) in [6.45, 7) is 16.4. The van der Waals surface area contributed by atoms with Gasteiger partial charge in [-0.3, -0.25) is 48.1 Å². The van der Waals surface area contributed by atoms with Crippen molar-refractivity contribution in [1.82, 2.24) is 46.6 Å². The van der Waals surface area contributed by atoms with Crippen molar-refractivity contribution in [3.63, 3.8) is 0 Å². The fourth-order valence-corrected chi connectivity index (χ4v) is 9.54. The Morgan fingerprint density at radius 1 is 0.705 bits per heavy atom. The van der Waals surface area contributed by atoms with E-state index in [-0.39, 0.29) is 48.3 Å². The van der Waals surface area contributed by atoms with Crippen LogP contribution in [0.4, 0.5) is 5.69 Å². The third-order valence-corrected chi connectivity index (χ3v) is 14.0. The fraction of sp³-hybridized carbons (Fsp3) is 0.636. The third kappa shape index (κ3) is 19.1. The van der Waals surface area contributed by atoms with Crippen LogP contribution in [-0.4, -0.2) is 184 Å². The van der Waals surface area contributed by atoms with Crippen LogP contribution in [0, 0.1) is 48.4 Å². The molecule has 11 atom stereocenters. The Labute approximate surface area is 459 Å². The number of nitrogens with zero attached hydrogens (tertiary/aromatic N) is 3. The van der Waals surface area contributed by atoms with Crippen molar-refractivity contribution in [3.05, 3.63) is 29.8 Å². The second-order valence-corrected chi connectivity index (χ2v) is 20.6. The molecule has 1 aromatic carbocycles. The first-order chi connectivity index (χ1) is 36.6. The third-order valence-electron chi connectivity index (χ3n) is 14.0. The van der Waals surface area contributed by atoms with Crippen LogP contribution in [0.25, 0.3) is 0 Å². The lowest BCUT2D eigenvalue weighted by Gasteiger charge is -2.41. The number of terminal acetylenes is 2. The summed E-state index contributed by atoms with van der Waals surface area (Å²) in [7, 11) is 9.49. The highest BCUT2D eigenvalue weighted by Gasteiger charge is 2.44. The van der Waals surface area contributed by atoms with Crippen molar-refractivity contribution < 1.29 is 62.2 Å². The minimum Gasteiger partial charge on any atom is -0.467 e. The second-order valence-electron chi connectivity index (χ2n) is 20.6. The van der Waals surface area contributed by atoms with E-state index in [4.69, 9.17) is 27.1 Å². The van der Waals surface area contributed by atoms with Gasteiger partial charge in [0, 0.05) is 39.9 Å². The minimum atomic E-state index is -1.70. The lowest BCUT2D eigenvalue weighted by Crippen LogP contribution is -2.59. The van der Waals surface area contributed by atoms with Crippen LogP contribution in [0.5, 0.6) is 0 Å². The summed E-state index contributed by atoms with van der Waals surface area (Å²) in [5, 5.41) is 17.3. The molecule has 0 unspecified atom stereocenters. The maximum absolute atomic E-state index is 14.4. The maximum Gasteiger partial charge on any atom is 0.328 e. The second kappa shape index (κ2) is 32.0. The summed E-state index contributed by atoms with van der Waals surface area (Å²) in [4.78, 5) is 137. The Morgan fingerprint density at radius 3 is 1.76 bits per heavy atom. The van der Waals surface area contributed by atoms with Crippen molar-refractivity contribution in [3.8, 4) is 24.7 Å². The number of benzene rings is 1. The van der Waals surface area contributed by atoms with E-state index >= 15 is 0 Å². The van der Waals surface area contributed by atoms with E-state index in [0.717, 1.165) is 0 Å². The Hall–Kier alpha value is -7.08. The van der Waals surface area contributed by atoms with E-state index < -0.39 is 108 Å². The number of hydrogen-bond acceptors (Lipinski definition) is 14. The molecule has 0 saturated carbocycles. The predicted molar refractivity (Wildman–Crippen MR) is 291 cm³/mol. The molecule has 1 aliphatic heterocycles. The highest BCUT2D eigenvalue weighted by molar-refractivity contribution is 6.02. The highest BCUT2D eigenvalue weighted by Crippen LogP contribution is 2.30. The lowest BCUT2D eigenvalue weighted by molar-refractivity contribution is -0.149. The smallest absolute Gasteiger partial charge is 0.328 e. The SMILES string of the molecule is C#CC(=O)NC(NC(=O)C#C)C(=O)N[C@@H](C)C(=O)N[C@@H](C)C(=O)Nc1ccc(C[C@@H](NC(=O)[C@H](C)[C@@H](OC)[C@@H]2CCCN2C(=O)C[C@@H](OC)[C@H]([C@@H](C)CC)N(C)C(=O)[C@@H](NC(=O)[C@@H](C(C)C)N(C)C)C(C)C)C(=O)OC)cc1. The Morgan fingerprint density at radius 2 is 1.27 bits per heavy atom. The van der Waals surface area contributed by atoms with E-state index in [2.05, 4.69) is 37.2 Å². The van der Waals surface area contributed by atoms with Gasteiger partial charge in [-0.15, -0.1) is 12.8 Å². The highest BCUT2D eigenvalue weighted by atomic mass is 16.5. The van der Waals surface area contributed by atoms with Gasteiger partial charge in [0.25, 0.3) is 17.7 Å². The van der Waals surface area contributed by atoms with E-state index in [1.807, 2.05) is 60.5 Å². The first kappa shape index (κ1) is 67.0. The normalized spacial score (nSPS) is 17.0. The predicted octanol–water partition coefficient (Wildman–Crippen LogP) is 0.307. The molecule has 0 spiro atoms. The molecule has 0 aromatic heterocycles. The zero-order valence-corrected chi connectivity index (χ0v) is 47.9. The average Bonchev–Trinajstić information content (AvgIpc) is 3.89. The van der Waals surface area contributed by atoms with Gasteiger partial charge in [-0.1, -0.05) is 67.0 Å². The van der Waals surface area contributed by atoms with Crippen LogP contribution in [0.15, 0.2) is 24.3 Å². The van der Waals surface area contributed by atoms with Gasteiger partial charge in [0.1, 0.15) is 24.2 Å². The standard InChI is InChI=1S/C55H84N10O13/c1-18-32(8)46(64(14)54(74)44(30(4)5)62-52(72)45(31(6)7)63(12)13)40(76-15)29-43(68)65-27-21-22-39(65)47(77-16)33(9)49(69)59-38(55(75)78-17)28-36-23-25-37(26-24-36)58-51(71)35(11)56-50(70)34(10)57-53(73)48(60-41(66)19-2)61-42(67)20-3/h2-3,23-26,30-35,38-40,44-48H,18,21-22,27-29H2,1,4-17H3,(H,56,70)(H,57,73)(H,58,71)(H,59,69)(H,60,66)(H,61,67)(H,62,72)/t32-,33+,34-,35-,38+,39-,40+,44-,45+,46-,47+/m0/s1. The number of rotatable bonds is 29. The first-order valence-electron chi connectivity index (χ1n) is 26.1. The van der Waals surface area contributed by atoms with Crippen LogP contribution >= 0.6 is 0 Å². The number of carbonyl (C=O) groups is 10. The number of nitrogens with one attached hydrogen (secondary N) is 7. The van der Waals surface area contributed by atoms with Gasteiger partial charge in [0.2, 0.25) is 35.4 Å². The van der Waals surface area contributed by atoms with E-state index in [1.54, 1.807) is 59.9 Å². The van der Waals surface area contributed by atoms with E-state index in [9.17, 15) is 47.9 Å². The molecule has 1 heterocycles. The summed E-state index contributed by atoms with van der Waals surface area (Å²) < 4.78 is 17.1. The molecule has 1 aromatic rings. The molecule has 0 bridgehead atoms. The number of likely N-dealkylation sites (N-methyl/N-ethyl adjacent to an activating group) is 2. The van der Waals surface area contributed by atoms with Gasteiger partial charge in [0.15, 0.2) is 6.17 Å². The van der Waals surface area contributed by atoms with Gasteiger partial charge in [-0.25, -0.2) is 4.79 Å². The van der Waals surface area contributed by atoms with Crippen LogP contribution in [0.2, 0.25) is 0 Å². The van der Waals surface area contributed by atoms with Crippen LogP contribution < -0.4 is 37.2 Å². The number of amides is 9. The van der Waals surface area contributed by atoms with Crippen molar-refractivity contribution in [2.45, 2.75) is 155 Å². The summed E-state index contributed by atoms with van der Waals surface area (Å²) in [6, 6.07) is 0.487. The zero-order valence-electron chi connectivity index (χ0n) is 47.9. The van der Waals surface area contributed by atoms with Gasteiger partial charge in [0.05, 0.1) is 49.8 Å². The molecule has 0 radical (unpaired) electrons. The molecule has 78 heavy (non-hydrogen) atoms. The van der Waals surface area contributed by atoms with Gasteiger partial charge in [-0.2, -0.15) is 0 Å². The number of anilines is 1. The molecule has 1 saturated heterocycles. The quantitative estimate of drug-likeness (QED) is 0.0323. The number of methoxy groups -OCH3 is 3. The lowest BCUT2D eigenvalue weighted by atomic mass is 9.89. The van der Waals surface area contributed by atoms with Crippen LogP contribution in [-0.2, 0) is 68.6 Å². The van der Waals surface area contributed by atoms with Crippen molar-refractivity contribution in [2.24, 2.45) is 23.7 Å². The first-order valence-corrected chi connectivity index (χ1v) is 26.1. The van der Waals surface area contributed by atoms with Gasteiger partial charge >= 0.3 is 5.97 Å². The van der Waals surface area contributed by atoms with Crippen molar-refractivity contribution in [1.29, 1.82) is 0 Å². The molecule has 23 heteroatoms. The molecule has 1 aliphatic rings. The number of esters is 1. The van der Waals surface area contributed by atoms with E-state index in [1.165, 1.54) is 35.2 Å². The topological polar surface area (TPSA) is 292 Å². The van der Waals surface area contributed by atoms with Gasteiger partial charge in [-0.05, 0) is 88.1 Å². The number of hydrogen-bond donors (Lipinski definition) is 7. The number of likely N-dealkylation sites (tertiary alicyclic amines) is 1. The molecule has 432 valence electrons. The summed E-state index contributed by atoms with van der Waals surface area (Å²) in [5.41, 5.74) is 0.902. The molecule has 9 amide bonds. The Kier molecular flexibility index (Phi) is 27.5. The summed E-state index contributed by atoms with van der Waals surface area (Å²) in [5.74, 6) is -4.31. The largest absolute Gasteiger partial charge is 0.467 e. The molecular formula is C55H84N10O13. The number of carbonyl (C=O) groups excluding carboxylic acids is 10. The molecule has 1 fully saturated rings. The molecule has 23 nitrogen and oxygen atoms in total. The number of ether oxygens (including phenoxy) is 3. The van der Waals surface area contributed by atoms with Crippen LogP contribution in [0.3, 0.4) is 0 Å². The van der Waals surface area contributed by atoms with E-state index in [0.29, 0.717) is 37.1 Å². The zero-order chi connectivity index (χ0) is 59.3. The summed E-state index contributed by atoms with van der Waals surface area (Å²) >= 11 is 0. The maximum atomic E-state index is 14.4. The van der Waals surface area contributed by atoms with Crippen molar-refractivity contribution >= 4 is 64.8 Å². The fourth-order valence-electron chi connectivity index (χ4n) is 9.54. The van der Waals surface area contributed by atoms with Crippen molar-refractivity contribution in [2.75, 3.05) is 54.3 Å². The monoisotopic (exact) mass is 1090 g/mol. The minimum absolute atomic E-state index is 0.00581. The Bertz CT molecular complexity index is 2310. The molecule has 0 aliphatic carbocycles.